The third kappa shape index (κ3) is 3.34. The molecule has 4 nitrogen and oxygen atoms in total. The molecule has 1 amide bonds. The van der Waals surface area contributed by atoms with E-state index in [0.29, 0.717) is 26.3 Å². The van der Waals surface area contributed by atoms with E-state index in [1.165, 1.54) is 5.56 Å². The maximum atomic E-state index is 12.2. The molecule has 2 aliphatic rings. The van der Waals surface area contributed by atoms with Gasteiger partial charge in [0.1, 0.15) is 0 Å². The predicted octanol–water partition coefficient (Wildman–Crippen LogP) is 2.37. The fraction of sp³-hybridized carbons (Fsp3) is 0.471. The number of amides is 1. The summed E-state index contributed by atoms with van der Waals surface area (Å²) in [5, 5.41) is 0. The molecule has 0 aliphatic carbocycles. The highest BCUT2D eigenvalue weighted by Gasteiger charge is 2.40. The molecule has 21 heavy (non-hydrogen) atoms. The highest BCUT2D eigenvalue weighted by molar-refractivity contribution is 5.91. The smallest absolute Gasteiger partial charge is 0.246 e. The minimum absolute atomic E-state index is 0.0596. The molecule has 0 unspecified atom stereocenters. The number of carbonyl (C=O) groups is 1. The van der Waals surface area contributed by atoms with Gasteiger partial charge in [0.05, 0.1) is 13.2 Å². The largest absolute Gasteiger partial charge is 0.347 e. The minimum Gasteiger partial charge on any atom is -0.347 e. The van der Waals surface area contributed by atoms with E-state index in [0.717, 1.165) is 18.4 Å². The zero-order chi connectivity index (χ0) is 14.7. The van der Waals surface area contributed by atoms with E-state index in [4.69, 9.17) is 9.47 Å². The van der Waals surface area contributed by atoms with Crippen LogP contribution in [0.15, 0.2) is 30.3 Å². The molecular weight excluding hydrogens is 266 g/mol. The van der Waals surface area contributed by atoms with Gasteiger partial charge in [0.2, 0.25) is 5.91 Å². The van der Waals surface area contributed by atoms with Crippen LogP contribution in [0.4, 0.5) is 0 Å². The van der Waals surface area contributed by atoms with Crippen LogP contribution in [0.3, 0.4) is 0 Å². The van der Waals surface area contributed by atoms with E-state index in [1.807, 2.05) is 36.1 Å². The van der Waals surface area contributed by atoms with Gasteiger partial charge in [-0.25, -0.2) is 0 Å². The second-order valence-corrected chi connectivity index (χ2v) is 5.68. The van der Waals surface area contributed by atoms with Gasteiger partial charge >= 0.3 is 0 Å². The van der Waals surface area contributed by atoms with Gasteiger partial charge in [0, 0.05) is 32.0 Å². The second kappa shape index (κ2) is 6.00. The van der Waals surface area contributed by atoms with Gasteiger partial charge in [-0.3, -0.25) is 4.79 Å². The highest BCUT2D eigenvalue weighted by Crippen LogP contribution is 2.31. The molecule has 4 heteroatoms. The summed E-state index contributed by atoms with van der Waals surface area (Å²) in [7, 11) is 0. The SMILES string of the molecule is Cc1cccc(/C=C/C(=O)N2CCC3(CC2)OCCO3)c1. The van der Waals surface area contributed by atoms with Crippen molar-refractivity contribution < 1.29 is 14.3 Å². The molecule has 1 aromatic carbocycles. The summed E-state index contributed by atoms with van der Waals surface area (Å²) >= 11 is 0. The fourth-order valence-corrected chi connectivity index (χ4v) is 2.90. The first-order valence-electron chi connectivity index (χ1n) is 7.48. The Morgan fingerprint density at radius 1 is 1.24 bits per heavy atom. The fourth-order valence-electron chi connectivity index (χ4n) is 2.90. The van der Waals surface area contributed by atoms with Crippen LogP contribution in [0, 0.1) is 6.92 Å². The van der Waals surface area contributed by atoms with Crippen LogP contribution in [-0.4, -0.2) is 42.9 Å². The van der Waals surface area contributed by atoms with Gasteiger partial charge in [-0.2, -0.15) is 0 Å². The van der Waals surface area contributed by atoms with Crippen molar-refractivity contribution in [3.8, 4) is 0 Å². The average molecular weight is 287 g/mol. The Labute approximate surface area is 125 Å². The number of ether oxygens (including phenoxy) is 2. The van der Waals surface area contributed by atoms with E-state index in [-0.39, 0.29) is 5.91 Å². The Kier molecular flexibility index (Phi) is 4.08. The van der Waals surface area contributed by atoms with Crippen molar-refractivity contribution >= 4 is 12.0 Å². The van der Waals surface area contributed by atoms with Gasteiger partial charge in [-0.1, -0.05) is 29.8 Å². The molecule has 2 saturated heterocycles. The Bertz CT molecular complexity index is 537. The van der Waals surface area contributed by atoms with Crippen LogP contribution in [0.1, 0.15) is 24.0 Å². The number of benzene rings is 1. The van der Waals surface area contributed by atoms with E-state index < -0.39 is 5.79 Å². The Morgan fingerprint density at radius 2 is 1.95 bits per heavy atom. The average Bonchev–Trinajstić information content (AvgIpc) is 2.94. The molecular formula is C17H21NO3. The number of aryl methyl sites for hydroxylation is 1. The lowest BCUT2D eigenvalue weighted by Crippen LogP contribution is -2.46. The number of piperidine rings is 1. The molecule has 2 heterocycles. The van der Waals surface area contributed by atoms with Crippen molar-refractivity contribution in [3.05, 3.63) is 41.5 Å². The summed E-state index contributed by atoms with van der Waals surface area (Å²) in [6.07, 6.45) is 5.06. The van der Waals surface area contributed by atoms with Gasteiger partial charge < -0.3 is 14.4 Å². The zero-order valence-corrected chi connectivity index (χ0v) is 12.4. The van der Waals surface area contributed by atoms with E-state index in [2.05, 4.69) is 6.07 Å². The molecule has 1 aromatic rings. The number of rotatable bonds is 2. The van der Waals surface area contributed by atoms with Crippen LogP contribution in [0.2, 0.25) is 0 Å². The lowest BCUT2D eigenvalue weighted by molar-refractivity contribution is -0.186. The van der Waals surface area contributed by atoms with E-state index in [1.54, 1.807) is 6.08 Å². The van der Waals surface area contributed by atoms with Gasteiger partial charge in [-0.05, 0) is 18.6 Å². The van der Waals surface area contributed by atoms with Crippen molar-refractivity contribution in [1.29, 1.82) is 0 Å². The van der Waals surface area contributed by atoms with Gasteiger partial charge in [0.25, 0.3) is 0 Å². The van der Waals surface area contributed by atoms with Gasteiger partial charge in [0.15, 0.2) is 5.79 Å². The molecule has 2 aliphatic heterocycles. The lowest BCUT2D eigenvalue weighted by atomic mass is 10.0. The van der Waals surface area contributed by atoms with Crippen molar-refractivity contribution in [3.63, 3.8) is 0 Å². The Hall–Kier alpha value is -1.65. The van der Waals surface area contributed by atoms with Gasteiger partial charge in [-0.15, -0.1) is 0 Å². The van der Waals surface area contributed by atoms with Crippen LogP contribution < -0.4 is 0 Å². The highest BCUT2D eigenvalue weighted by atomic mass is 16.7. The summed E-state index contributed by atoms with van der Waals surface area (Å²) in [4.78, 5) is 14.1. The minimum atomic E-state index is -0.420. The Balaban J connectivity index is 1.57. The van der Waals surface area contributed by atoms with Crippen LogP contribution in [0.5, 0.6) is 0 Å². The molecule has 112 valence electrons. The lowest BCUT2D eigenvalue weighted by Gasteiger charge is -2.37. The summed E-state index contributed by atoms with van der Waals surface area (Å²) in [5.74, 6) is -0.360. The molecule has 0 bridgehead atoms. The number of hydrogen-bond acceptors (Lipinski definition) is 3. The summed E-state index contributed by atoms with van der Waals surface area (Å²) < 4.78 is 11.3. The number of nitrogens with zero attached hydrogens (tertiary/aromatic N) is 1. The topological polar surface area (TPSA) is 38.8 Å². The molecule has 0 atom stereocenters. The van der Waals surface area contributed by atoms with Crippen molar-refractivity contribution in [2.45, 2.75) is 25.6 Å². The molecule has 0 N–H and O–H groups in total. The van der Waals surface area contributed by atoms with Crippen molar-refractivity contribution in [2.24, 2.45) is 0 Å². The van der Waals surface area contributed by atoms with Crippen molar-refractivity contribution in [2.75, 3.05) is 26.3 Å². The van der Waals surface area contributed by atoms with E-state index >= 15 is 0 Å². The maximum Gasteiger partial charge on any atom is 0.246 e. The van der Waals surface area contributed by atoms with Crippen LogP contribution in [0.25, 0.3) is 6.08 Å². The molecule has 1 spiro atoms. The summed E-state index contributed by atoms with van der Waals surface area (Å²) in [5.41, 5.74) is 2.25. The summed E-state index contributed by atoms with van der Waals surface area (Å²) in [6, 6.07) is 8.11. The summed E-state index contributed by atoms with van der Waals surface area (Å²) in [6.45, 7) is 4.77. The standard InChI is InChI=1S/C17H21NO3/c1-14-3-2-4-15(13-14)5-6-16(19)18-9-7-17(8-10-18)20-11-12-21-17/h2-6,13H,7-12H2,1H3/b6-5+. The normalized spacial score (nSPS) is 21.3. The maximum absolute atomic E-state index is 12.2. The molecule has 0 saturated carbocycles. The zero-order valence-electron chi connectivity index (χ0n) is 12.4. The van der Waals surface area contributed by atoms with E-state index in [9.17, 15) is 4.79 Å². The molecule has 0 radical (unpaired) electrons. The van der Waals surface area contributed by atoms with Crippen LogP contribution >= 0.6 is 0 Å². The van der Waals surface area contributed by atoms with Crippen molar-refractivity contribution in [1.82, 2.24) is 4.90 Å². The molecule has 2 fully saturated rings. The predicted molar refractivity (Wildman–Crippen MR) is 80.7 cm³/mol. The van der Waals surface area contributed by atoms with Crippen LogP contribution in [-0.2, 0) is 14.3 Å². The number of hydrogen-bond donors (Lipinski definition) is 0. The third-order valence-electron chi connectivity index (χ3n) is 4.11. The molecule has 3 rings (SSSR count). The number of likely N-dealkylation sites (tertiary alicyclic amines) is 1. The second-order valence-electron chi connectivity index (χ2n) is 5.68. The Morgan fingerprint density at radius 3 is 2.62 bits per heavy atom. The quantitative estimate of drug-likeness (QED) is 0.784. The monoisotopic (exact) mass is 287 g/mol. The third-order valence-corrected chi connectivity index (χ3v) is 4.11. The first-order valence-corrected chi connectivity index (χ1v) is 7.48. The first-order chi connectivity index (χ1) is 10.2. The first kappa shape index (κ1) is 14.3. The number of carbonyl (C=O) groups excluding carboxylic acids is 1. The molecule has 0 aromatic heterocycles.